The van der Waals surface area contributed by atoms with Crippen LogP contribution in [0.15, 0.2) is 29.4 Å². The van der Waals surface area contributed by atoms with Gasteiger partial charge in [0.25, 0.3) is 0 Å². The van der Waals surface area contributed by atoms with E-state index in [9.17, 15) is 4.79 Å². The zero-order chi connectivity index (χ0) is 19.5. The number of carbonyl (C=O) groups is 1. The van der Waals surface area contributed by atoms with Crippen LogP contribution in [0.3, 0.4) is 0 Å². The minimum absolute atomic E-state index is 0.000817. The predicted octanol–water partition coefficient (Wildman–Crippen LogP) is 4.29. The maximum absolute atomic E-state index is 12.7. The number of hydrogen-bond donors (Lipinski definition) is 1. The summed E-state index contributed by atoms with van der Waals surface area (Å²) in [4.78, 5) is 15.0. The van der Waals surface area contributed by atoms with Gasteiger partial charge in [-0.25, -0.2) is 0 Å². The molecule has 1 N–H and O–H groups in total. The molecule has 1 aliphatic heterocycles. The summed E-state index contributed by atoms with van der Waals surface area (Å²) in [5.41, 5.74) is 2.11. The van der Waals surface area contributed by atoms with Crippen LogP contribution in [0.5, 0.6) is 0 Å². The first-order valence-electron chi connectivity index (χ1n) is 10.4. The van der Waals surface area contributed by atoms with E-state index in [0.29, 0.717) is 6.04 Å². The van der Waals surface area contributed by atoms with Crippen LogP contribution in [0.25, 0.3) is 0 Å². The summed E-state index contributed by atoms with van der Waals surface area (Å²) >= 11 is 1.51. The second-order valence-electron chi connectivity index (χ2n) is 7.73. The number of hydrogen-bond acceptors (Lipinski definition) is 5. The van der Waals surface area contributed by atoms with Gasteiger partial charge in [-0.1, -0.05) is 30.8 Å². The number of nitrogens with one attached hydrogen (secondary N) is 1. The monoisotopic (exact) mass is 399 g/mol. The number of benzene rings is 1. The van der Waals surface area contributed by atoms with Crippen molar-refractivity contribution in [2.45, 2.75) is 68.8 Å². The van der Waals surface area contributed by atoms with Crippen molar-refractivity contribution in [3.05, 3.63) is 29.8 Å². The van der Waals surface area contributed by atoms with Gasteiger partial charge in [0.05, 0.1) is 5.25 Å². The van der Waals surface area contributed by atoms with E-state index >= 15 is 0 Å². The van der Waals surface area contributed by atoms with Crippen molar-refractivity contribution in [3.8, 4) is 0 Å². The standard InChI is InChI=1S/C21H29N5OS/c1-3-16-7-9-17(10-8-16)22-19(27)15(2)28-21-24-23-20(26(21)18-11-12-18)25-13-5-4-6-14-25/h7-10,15,18H,3-6,11-14H2,1-2H3,(H,22,27). The molecule has 28 heavy (non-hydrogen) atoms. The van der Waals surface area contributed by atoms with Gasteiger partial charge in [-0.3, -0.25) is 9.36 Å². The Labute approximate surface area is 171 Å². The zero-order valence-electron chi connectivity index (χ0n) is 16.7. The van der Waals surface area contributed by atoms with Crippen LogP contribution in [0, 0.1) is 0 Å². The molecule has 6 nitrogen and oxygen atoms in total. The average Bonchev–Trinajstić information content (AvgIpc) is 3.49. The lowest BCUT2D eigenvalue weighted by atomic mass is 10.1. The summed E-state index contributed by atoms with van der Waals surface area (Å²) in [7, 11) is 0. The molecular weight excluding hydrogens is 370 g/mol. The lowest BCUT2D eigenvalue weighted by Crippen LogP contribution is -2.32. The van der Waals surface area contributed by atoms with Crippen molar-refractivity contribution >= 4 is 29.3 Å². The molecule has 1 aromatic carbocycles. The van der Waals surface area contributed by atoms with Gasteiger partial charge in [-0.05, 0) is 63.1 Å². The molecular formula is C21H29N5OS. The Balaban J connectivity index is 1.44. The maximum Gasteiger partial charge on any atom is 0.237 e. The number of anilines is 2. The Morgan fingerprint density at radius 3 is 2.54 bits per heavy atom. The fraction of sp³-hybridized carbons (Fsp3) is 0.571. The third-order valence-corrected chi connectivity index (χ3v) is 6.54. The number of rotatable bonds is 7. The summed E-state index contributed by atoms with van der Waals surface area (Å²) < 4.78 is 2.27. The molecule has 150 valence electrons. The van der Waals surface area contributed by atoms with E-state index in [0.717, 1.165) is 36.3 Å². The van der Waals surface area contributed by atoms with Crippen LogP contribution in [0.1, 0.15) is 57.6 Å². The van der Waals surface area contributed by atoms with Crippen LogP contribution in [0.4, 0.5) is 11.6 Å². The van der Waals surface area contributed by atoms with Crippen molar-refractivity contribution in [1.29, 1.82) is 0 Å². The summed E-state index contributed by atoms with van der Waals surface area (Å²) in [6.45, 7) is 6.17. The fourth-order valence-electron chi connectivity index (χ4n) is 3.59. The van der Waals surface area contributed by atoms with E-state index < -0.39 is 0 Å². The minimum Gasteiger partial charge on any atom is -0.341 e. The van der Waals surface area contributed by atoms with Gasteiger partial charge in [-0.2, -0.15) is 0 Å². The number of carbonyl (C=O) groups excluding carboxylic acids is 1. The van der Waals surface area contributed by atoms with E-state index in [1.807, 2.05) is 19.1 Å². The first-order chi connectivity index (χ1) is 13.7. The van der Waals surface area contributed by atoms with E-state index in [2.05, 4.69) is 44.0 Å². The third kappa shape index (κ3) is 4.35. The Morgan fingerprint density at radius 2 is 1.89 bits per heavy atom. The van der Waals surface area contributed by atoms with Crippen molar-refractivity contribution in [2.75, 3.05) is 23.3 Å². The molecule has 1 saturated carbocycles. The summed E-state index contributed by atoms with van der Waals surface area (Å²) in [5.74, 6) is 0.992. The van der Waals surface area contributed by atoms with Crippen molar-refractivity contribution < 1.29 is 4.79 Å². The summed E-state index contributed by atoms with van der Waals surface area (Å²) in [5, 5.41) is 12.6. The van der Waals surface area contributed by atoms with E-state index in [1.54, 1.807) is 0 Å². The highest BCUT2D eigenvalue weighted by atomic mass is 32.2. The number of piperidine rings is 1. The SMILES string of the molecule is CCc1ccc(NC(=O)C(C)Sc2nnc(N3CCCCC3)n2C2CC2)cc1. The summed E-state index contributed by atoms with van der Waals surface area (Å²) in [6, 6.07) is 8.54. The molecule has 2 aromatic rings. The third-order valence-electron chi connectivity index (χ3n) is 5.48. The lowest BCUT2D eigenvalue weighted by molar-refractivity contribution is -0.115. The van der Waals surface area contributed by atoms with Crippen LogP contribution in [-0.4, -0.2) is 39.0 Å². The zero-order valence-corrected chi connectivity index (χ0v) is 17.5. The largest absolute Gasteiger partial charge is 0.341 e. The van der Waals surface area contributed by atoms with Gasteiger partial charge in [0.15, 0.2) is 5.16 Å². The quantitative estimate of drug-likeness (QED) is 0.704. The molecule has 2 aliphatic rings. The van der Waals surface area contributed by atoms with Gasteiger partial charge in [-0.15, -0.1) is 10.2 Å². The number of nitrogens with zero attached hydrogens (tertiary/aromatic N) is 4. The molecule has 2 fully saturated rings. The van der Waals surface area contributed by atoms with Gasteiger partial charge >= 0.3 is 0 Å². The second kappa shape index (κ2) is 8.55. The van der Waals surface area contributed by atoms with E-state index in [1.165, 1.54) is 49.4 Å². The van der Waals surface area contributed by atoms with E-state index in [-0.39, 0.29) is 11.2 Å². The second-order valence-corrected chi connectivity index (χ2v) is 9.04. The molecule has 1 atom stereocenters. The molecule has 4 rings (SSSR count). The van der Waals surface area contributed by atoms with E-state index in [4.69, 9.17) is 0 Å². The highest BCUT2D eigenvalue weighted by Gasteiger charge is 2.33. The molecule has 0 radical (unpaired) electrons. The van der Waals surface area contributed by atoms with Gasteiger partial charge in [0.1, 0.15) is 0 Å². The molecule has 1 saturated heterocycles. The average molecular weight is 400 g/mol. The Bertz CT molecular complexity index is 809. The molecule has 1 unspecified atom stereocenters. The van der Waals surface area contributed by atoms with Gasteiger partial charge < -0.3 is 10.2 Å². The summed E-state index contributed by atoms with van der Waals surface area (Å²) in [6.07, 6.45) is 7.08. The molecule has 7 heteroatoms. The van der Waals surface area contributed by atoms with Crippen molar-refractivity contribution in [3.63, 3.8) is 0 Å². The van der Waals surface area contributed by atoms with Crippen LogP contribution in [-0.2, 0) is 11.2 Å². The predicted molar refractivity (Wildman–Crippen MR) is 114 cm³/mol. The number of aromatic nitrogens is 3. The highest BCUT2D eigenvalue weighted by Crippen LogP contribution is 2.42. The first-order valence-corrected chi connectivity index (χ1v) is 11.3. The number of thioether (sulfide) groups is 1. The van der Waals surface area contributed by atoms with Gasteiger partial charge in [0, 0.05) is 24.8 Å². The lowest BCUT2D eigenvalue weighted by Gasteiger charge is -2.28. The molecule has 0 spiro atoms. The van der Waals surface area contributed by atoms with Gasteiger partial charge in [0.2, 0.25) is 11.9 Å². The Hall–Kier alpha value is -2.02. The van der Waals surface area contributed by atoms with Crippen LogP contribution >= 0.6 is 11.8 Å². The van der Waals surface area contributed by atoms with Crippen molar-refractivity contribution in [2.24, 2.45) is 0 Å². The Kier molecular flexibility index (Phi) is 5.90. The Morgan fingerprint density at radius 1 is 1.18 bits per heavy atom. The molecule has 1 aromatic heterocycles. The smallest absolute Gasteiger partial charge is 0.237 e. The normalized spacial score (nSPS) is 18.1. The number of aryl methyl sites for hydroxylation is 1. The molecule has 2 heterocycles. The topological polar surface area (TPSA) is 63.1 Å². The maximum atomic E-state index is 12.7. The first kappa shape index (κ1) is 19.3. The van der Waals surface area contributed by atoms with Crippen LogP contribution in [0.2, 0.25) is 0 Å². The van der Waals surface area contributed by atoms with Crippen LogP contribution < -0.4 is 10.2 Å². The minimum atomic E-state index is -0.234. The molecule has 1 aliphatic carbocycles. The highest BCUT2D eigenvalue weighted by molar-refractivity contribution is 8.00. The number of amides is 1. The molecule has 1 amide bonds. The molecule has 0 bridgehead atoms. The fourth-order valence-corrected chi connectivity index (χ4v) is 4.51. The van der Waals surface area contributed by atoms with Crippen molar-refractivity contribution in [1.82, 2.24) is 14.8 Å².